The standard InChI is InChI=1S/C56H73N5O9/c1-8-67-55(63)39-60-26-24-59(25-27-60)37-45-16-13-15-44(31-45)32-46-33-53(58-41-57-46)61(47-17-14-18-48(34-47)68-28-12-10-9-11-19-54(62)70-56(3,4)5)38-50-51(64-6)35-49(36-52(50)65-7)69-30-29-66-40-43-22-20-42(2)21-23-43/h13-18,20-23,31,33-36,41H,8-12,19,24-30,32,37-40H2,1-7H3. The maximum Gasteiger partial charge on any atom is 0.320 e. The Morgan fingerprint density at radius 3 is 2.13 bits per heavy atom. The summed E-state index contributed by atoms with van der Waals surface area (Å²) in [6.07, 6.45) is 6.15. The van der Waals surface area contributed by atoms with Crippen molar-refractivity contribution in [2.24, 2.45) is 0 Å². The van der Waals surface area contributed by atoms with E-state index in [0.717, 1.165) is 92.2 Å². The third-order valence-corrected chi connectivity index (χ3v) is 11.8. The molecule has 0 aliphatic carbocycles. The zero-order chi connectivity index (χ0) is 49.7. The molecule has 5 aromatic rings. The number of unbranched alkanes of at least 4 members (excludes halogenated alkanes) is 3. The summed E-state index contributed by atoms with van der Waals surface area (Å²) in [7, 11) is 3.29. The van der Waals surface area contributed by atoms with E-state index >= 15 is 0 Å². The Kier molecular flexibility index (Phi) is 20.7. The van der Waals surface area contributed by atoms with Crippen LogP contribution in [-0.4, -0.2) is 111 Å². The average molecular weight is 960 g/mol. The number of ether oxygens (including phenoxy) is 7. The largest absolute Gasteiger partial charge is 0.496 e. The summed E-state index contributed by atoms with van der Waals surface area (Å²) < 4.78 is 41.0. The molecule has 0 N–H and O–H groups in total. The van der Waals surface area contributed by atoms with Gasteiger partial charge in [-0.3, -0.25) is 19.4 Å². The lowest BCUT2D eigenvalue weighted by Gasteiger charge is -2.34. The second kappa shape index (κ2) is 27.2. The number of nitrogens with zero attached hydrogens (tertiary/aromatic N) is 5. The smallest absolute Gasteiger partial charge is 0.320 e. The van der Waals surface area contributed by atoms with Crippen LogP contribution >= 0.6 is 0 Å². The quantitative estimate of drug-likeness (QED) is 0.0365. The molecule has 0 unspecified atom stereocenters. The number of esters is 2. The van der Waals surface area contributed by atoms with Crippen LogP contribution in [0.4, 0.5) is 11.5 Å². The fraction of sp³-hybridized carbons (Fsp3) is 0.464. The van der Waals surface area contributed by atoms with E-state index in [1.807, 2.05) is 70.2 Å². The predicted molar refractivity (Wildman–Crippen MR) is 272 cm³/mol. The summed E-state index contributed by atoms with van der Waals surface area (Å²) in [5.74, 6) is 2.91. The van der Waals surface area contributed by atoms with Gasteiger partial charge in [0, 0.05) is 75.5 Å². The van der Waals surface area contributed by atoms with E-state index in [4.69, 9.17) is 43.1 Å². The van der Waals surface area contributed by atoms with Crippen LogP contribution in [0.3, 0.4) is 0 Å². The van der Waals surface area contributed by atoms with Crippen molar-refractivity contribution in [1.29, 1.82) is 0 Å². The summed E-state index contributed by atoms with van der Waals surface area (Å²) in [6.45, 7) is 16.7. The lowest BCUT2D eigenvalue weighted by molar-refractivity contribution is -0.155. The Morgan fingerprint density at radius 1 is 0.700 bits per heavy atom. The molecule has 1 aromatic heterocycles. The minimum absolute atomic E-state index is 0.156. The Balaban J connectivity index is 1.16. The second-order valence-electron chi connectivity index (χ2n) is 18.6. The summed E-state index contributed by atoms with van der Waals surface area (Å²) >= 11 is 0. The number of hydrogen-bond acceptors (Lipinski definition) is 14. The molecular formula is C56H73N5O9. The van der Waals surface area contributed by atoms with Gasteiger partial charge in [-0.05, 0) is 76.3 Å². The molecule has 6 rings (SSSR count). The number of carbonyl (C=O) groups excluding carboxylic acids is 2. The predicted octanol–water partition coefficient (Wildman–Crippen LogP) is 9.68. The van der Waals surface area contributed by atoms with E-state index in [1.54, 1.807) is 20.5 Å². The first-order valence-electron chi connectivity index (χ1n) is 24.6. The third-order valence-electron chi connectivity index (χ3n) is 11.8. The molecule has 0 saturated carbocycles. The van der Waals surface area contributed by atoms with E-state index in [0.29, 0.717) is 82.0 Å². The number of piperazine rings is 1. The fourth-order valence-corrected chi connectivity index (χ4v) is 8.23. The van der Waals surface area contributed by atoms with Gasteiger partial charge < -0.3 is 38.1 Å². The second-order valence-corrected chi connectivity index (χ2v) is 18.6. The number of aromatic nitrogens is 2. The molecule has 1 fully saturated rings. The van der Waals surface area contributed by atoms with E-state index in [-0.39, 0.29) is 11.9 Å². The molecule has 14 heteroatoms. The van der Waals surface area contributed by atoms with Gasteiger partial charge in [0.15, 0.2) is 0 Å². The highest BCUT2D eigenvalue weighted by Gasteiger charge is 2.23. The van der Waals surface area contributed by atoms with E-state index in [1.165, 1.54) is 11.1 Å². The van der Waals surface area contributed by atoms with Crippen molar-refractivity contribution in [2.75, 3.05) is 78.3 Å². The third kappa shape index (κ3) is 17.6. The van der Waals surface area contributed by atoms with Gasteiger partial charge in [-0.15, -0.1) is 0 Å². The monoisotopic (exact) mass is 960 g/mol. The van der Waals surface area contributed by atoms with E-state index in [9.17, 15) is 9.59 Å². The van der Waals surface area contributed by atoms with E-state index < -0.39 is 5.60 Å². The molecule has 1 aliphatic rings. The zero-order valence-electron chi connectivity index (χ0n) is 42.4. The summed E-state index contributed by atoms with van der Waals surface area (Å²) in [5, 5.41) is 0. The number of methoxy groups -OCH3 is 2. The van der Waals surface area contributed by atoms with Crippen molar-refractivity contribution in [3.8, 4) is 23.0 Å². The van der Waals surface area contributed by atoms with Gasteiger partial charge in [0.05, 0.1) is 65.0 Å². The maximum atomic E-state index is 12.1. The van der Waals surface area contributed by atoms with Crippen molar-refractivity contribution >= 4 is 23.4 Å². The first-order chi connectivity index (χ1) is 33.9. The minimum Gasteiger partial charge on any atom is -0.496 e. The molecule has 0 amide bonds. The molecular weight excluding hydrogens is 887 g/mol. The normalized spacial score (nSPS) is 13.1. The number of carbonyl (C=O) groups is 2. The molecule has 4 aromatic carbocycles. The Bertz CT molecular complexity index is 2370. The molecule has 14 nitrogen and oxygen atoms in total. The average Bonchev–Trinajstić information content (AvgIpc) is 3.34. The highest BCUT2D eigenvalue weighted by atomic mass is 16.6. The van der Waals surface area contributed by atoms with Crippen LogP contribution in [0.1, 0.15) is 93.3 Å². The number of hydrogen-bond donors (Lipinski definition) is 0. The van der Waals surface area contributed by atoms with Gasteiger partial charge in [0.2, 0.25) is 0 Å². The maximum absolute atomic E-state index is 12.1. The molecule has 2 heterocycles. The minimum atomic E-state index is -0.471. The molecule has 0 spiro atoms. The van der Waals surface area contributed by atoms with Crippen LogP contribution in [0.25, 0.3) is 0 Å². The van der Waals surface area contributed by atoms with Gasteiger partial charge in [0.25, 0.3) is 0 Å². The van der Waals surface area contributed by atoms with Crippen molar-refractivity contribution in [3.05, 3.63) is 131 Å². The molecule has 1 saturated heterocycles. The van der Waals surface area contributed by atoms with Gasteiger partial charge in [-0.2, -0.15) is 0 Å². The van der Waals surface area contributed by atoms with Gasteiger partial charge in [-0.25, -0.2) is 9.97 Å². The first-order valence-corrected chi connectivity index (χ1v) is 24.6. The van der Waals surface area contributed by atoms with Crippen molar-refractivity contribution in [2.45, 2.75) is 98.4 Å². The molecule has 0 atom stereocenters. The van der Waals surface area contributed by atoms with Crippen LogP contribution in [0.5, 0.6) is 23.0 Å². The highest BCUT2D eigenvalue weighted by molar-refractivity contribution is 5.71. The fourth-order valence-electron chi connectivity index (χ4n) is 8.23. The lowest BCUT2D eigenvalue weighted by atomic mass is 10.1. The van der Waals surface area contributed by atoms with Crippen LogP contribution in [-0.2, 0) is 49.9 Å². The summed E-state index contributed by atoms with van der Waals surface area (Å²) in [4.78, 5) is 40.5. The van der Waals surface area contributed by atoms with Crippen molar-refractivity contribution < 1.29 is 42.7 Å². The van der Waals surface area contributed by atoms with Gasteiger partial charge in [0.1, 0.15) is 47.4 Å². The van der Waals surface area contributed by atoms with Crippen LogP contribution < -0.4 is 23.8 Å². The molecule has 1 aliphatic heterocycles. The summed E-state index contributed by atoms with van der Waals surface area (Å²) in [6, 6.07) is 30.8. The number of benzene rings is 4. The molecule has 70 heavy (non-hydrogen) atoms. The zero-order valence-corrected chi connectivity index (χ0v) is 42.4. The van der Waals surface area contributed by atoms with Gasteiger partial charge in [-0.1, -0.05) is 73.0 Å². The Morgan fingerprint density at radius 2 is 1.40 bits per heavy atom. The Hall–Kier alpha value is -6.22. The van der Waals surface area contributed by atoms with Crippen LogP contribution in [0, 0.1) is 6.92 Å². The Labute approximate surface area is 415 Å². The molecule has 0 bridgehead atoms. The van der Waals surface area contributed by atoms with Gasteiger partial charge >= 0.3 is 11.9 Å². The SMILES string of the molecule is CCOC(=O)CN1CCN(Cc2cccc(Cc3cc(N(Cc4c(OC)cc(OCCOCc5ccc(C)cc5)cc4OC)c4cccc(OCCCCCCC(=O)OC(C)(C)C)c4)ncn3)c2)CC1. The molecule has 0 radical (unpaired) electrons. The molecule has 376 valence electrons. The number of aryl methyl sites for hydroxylation is 1. The van der Waals surface area contributed by atoms with Crippen molar-refractivity contribution in [3.63, 3.8) is 0 Å². The topological polar surface area (TPSA) is 134 Å². The highest BCUT2D eigenvalue weighted by Crippen LogP contribution is 2.39. The van der Waals surface area contributed by atoms with E-state index in [2.05, 4.69) is 70.2 Å². The first kappa shape index (κ1) is 53.1. The van der Waals surface area contributed by atoms with Crippen LogP contribution in [0.2, 0.25) is 0 Å². The van der Waals surface area contributed by atoms with Crippen LogP contribution in [0.15, 0.2) is 97.3 Å². The lowest BCUT2D eigenvalue weighted by Crippen LogP contribution is -2.47. The summed E-state index contributed by atoms with van der Waals surface area (Å²) in [5.41, 5.74) is 6.76. The number of anilines is 2. The van der Waals surface area contributed by atoms with Crippen molar-refractivity contribution in [1.82, 2.24) is 19.8 Å². The number of rotatable bonds is 27.